The second-order valence-corrected chi connectivity index (χ2v) is 5.94. The van der Waals surface area contributed by atoms with Gasteiger partial charge in [-0.25, -0.2) is 14.4 Å². The van der Waals surface area contributed by atoms with E-state index in [4.69, 9.17) is 4.74 Å². The lowest BCUT2D eigenvalue weighted by atomic mass is 10.1. The molecule has 1 aliphatic heterocycles. The Bertz CT molecular complexity index is 992. The lowest BCUT2D eigenvalue weighted by Gasteiger charge is -2.29. The van der Waals surface area contributed by atoms with Crippen molar-refractivity contribution in [2.24, 2.45) is 0 Å². The number of rotatable bonds is 3. The van der Waals surface area contributed by atoms with E-state index in [0.717, 1.165) is 5.39 Å². The van der Waals surface area contributed by atoms with Crippen molar-refractivity contribution in [1.82, 2.24) is 9.97 Å². The number of carbonyl (C=O) groups excluding carboxylic acids is 1. The van der Waals surface area contributed by atoms with E-state index < -0.39 is 0 Å². The summed E-state index contributed by atoms with van der Waals surface area (Å²) in [5.41, 5.74) is 1.97. The van der Waals surface area contributed by atoms with Gasteiger partial charge in [0.2, 0.25) is 5.91 Å². The van der Waals surface area contributed by atoms with Crippen LogP contribution in [0.2, 0.25) is 0 Å². The van der Waals surface area contributed by atoms with Gasteiger partial charge in [-0.1, -0.05) is 13.0 Å². The molecule has 0 bridgehead atoms. The zero-order chi connectivity index (χ0) is 18.1. The van der Waals surface area contributed by atoms with E-state index in [1.807, 2.05) is 13.0 Å². The number of aromatic nitrogens is 2. The fourth-order valence-electron chi connectivity index (χ4n) is 3.02. The van der Waals surface area contributed by atoms with Crippen molar-refractivity contribution < 1.29 is 13.9 Å². The Morgan fingerprint density at radius 2 is 2.19 bits per heavy atom. The van der Waals surface area contributed by atoms with Crippen LogP contribution in [-0.2, 0) is 4.79 Å². The van der Waals surface area contributed by atoms with Gasteiger partial charge in [-0.3, -0.25) is 4.79 Å². The molecule has 1 aromatic heterocycles. The van der Waals surface area contributed by atoms with Crippen LogP contribution in [0.3, 0.4) is 0 Å². The van der Waals surface area contributed by atoms with Gasteiger partial charge in [-0.2, -0.15) is 0 Å². The average Bonchev–Trinajstić information content (AvgIpc) is 2.66. The van der Waals surface area contributed by atoms with Gasteiger partial charge in [0.05, 0.1) is 17.7 Å². The van der Waals surface area contributed by atoms with E-state index in [1.165, 1.54) is 18.5 Å². The minimum atomic E-state index is -0.334. The number of amides is 1. The maximum absolute atomic E-state index is 13.5. The summed E-state index contributed by atoms with van der Waals surface area (Å²) in [6.07, 6.45) is 1.85. The first-order chi connectivity index (χ1) is 12.7. The highest BCUT2D eigenvalue weighted by Crippen LogP contribution is 2.37. The van der Waals surface area contributed by atoms with Crippen LogP contribution in [-0.4, -0.2) is 29.0 Å². The van der Waals surface area contributed by atoms with Gasteiger partial charge in [0.25, 0.3) is 0 Å². The van der Waals surface area contributed by atoms with Crippen LogP contribution in [0.1, 0.15) is 13.3 Å². The van der Waals surface area contributed by atoms with Crippen LogP contribution in [0.25, 0.3) is 10.9 Å². The third-order valence-electron chi connectivity index (χ3n) is 4.27. The molecular formula is C19H17FN4O2. The number of benzene rings is 2. The van der Waals surface area contributed by atoms with Gasteiger partial charge in [0.15, 0.2) is 0 Å². The Hall–Kier alpha value is -3.22. The van der Waals surface area contributed by atoms with E-state index in [1.54, 1.807) is 23.1 Å². The van der Waals surface area contributed by atoms with Crippen molar-refractivity contribution in [3.8, 4) is 5.75 Å². The second kappa shape index (κ2) is 6.59. The monoisotopic (exact) mass is 352 g/mol. The molecule has 1 amide bonds. The quantitative estimate of drug-likeness (QED) is 0.779. The molecule has 0 unspecified atom stereocenters. The summed E-state index contributed by atoms with van der Waals surface area (Å²) >= 11 is 0. The van der Waals surface area contributed by atoms with Crippen LogP contribution < -0.4 is 15.0 Å². The van der Waals surface area contributed by atoms with Gasteiger partial charge in [0.1, 0.15) is 30.3 Å². The molecule has 1 aliphatic rings. The standard InChI is InChI=1S/C19H17FN4O2/c1-2-18(25)24-6-7-26-17-10-15-14(9-16(17)24)19(22-11-21-15)23-13-5-3-4-12(20)8-13/h3-5,8-11H,2,6-7H2,1H3,(H,21,22,23). The lowest BCUT2D eigenvalue weighted by Crippen LogP contribution is -2.37. The highest BCUT2D eigenvalue weighted by atomic mass is 19.1. The Balaban J connectivity index is 1.81. The fraction of sp³-hybridized carbons (Fsp3) is 0.211. The summed E-state index contributed by atoms with van der Waals surface area (Å²) in [7, 11) is 0. The molecule has 0 saturated heterocycles. The second-order valence-electron chi connectivity index (χ2n) is 5.94. The van der Waals surface area contributed by atoms with E-state index in [9.17, 15) is 9.18 Å². The molecule has 0 spiro atoms. The summed E-state index contributed by atoms with van der Waals surface area (Å²) in [5, 5.41) is 3.85. The topological polar surface area (TPSA) is 67.4 Å². The molecule has 0 saturated carbocycles. The summed E-state index contributed by atoms with van der Waals surface area (Å²) in [6, 6.07) is 9.80. The van der Waals surface area contributed by atoms with Gasteiger partial charge < -0.3 is 15.0 Å². The lowest BCUT2D eigenvalue weighted by molar-refractivity contribution is -0.118. The Morgan fingerprint density at radius 1 is 1.31 bits per heavy atom. The van der Waals surface area contributed by atoms with Gasteiger partial charge in [-0.15, -0.1) is 0 Å². The average molecular weight is 352 g/mol. The van der Waals surface area contributed by atoms with Gasteiger partial charge in [0, 0.05) is 23.6 Å². The molecule has 132 valence electrons. The Kier molecular flexibility index (Phi) is 4.12. The first-order valence-corrected chi connectivity index (χ1v) is 8.40. The van der Waals surface area contributed by atoms with Crippen LogP contribution in [0, 0.1) is 5.82 Å². The first kappa shape index (κ1) is 16.3. The van der Waals surface area contributed by atoms with Gasteiger partial charge >= 0.3 is 0 Å². The molecule has 0 aliphatic carbocycles. The van der Waals surface area contributed by atoms with E-state index >= 15 is 0 Å². The zero-order valence-electron chi connectivity index (χ0n) is 14.2. The predicted molar refractivity (Wildman–Crippen MR) is 97.4 cm³/mol. The third-order valence-corrected chi connectivity index (χ3v) is 4.27. The van der Waals surface area contributed by atoms with Crippen LogP contribution in [0.4, 0.5) is 21.6 Å². The maximum atomic E-state index is 13.5. The molecule has 7 heteroatoms. The number of carbonyl (C=O) groups is 1. The highest BCUT2D eigenvalue weighted by Gasteiger charge is 2.24. The van der Waals surface area contributed by atoms with Crippen molar-refractivity contribution in [3.63, 3.8) is 0 Å². The predicted octanol–water partition coefficient (Wildman–Crippen LogP) is 3.65. The molecule has 0 radical (unpaired) electrons. The number of hydrogen-bond acceptors (Lipinski definition) is 5. The molecule has 0 fully saturated rings. The normalized spacial score (nSPS) is 13.2. The molecule has 3 aromatic rings. The van der Waals surface area contributed by atoms with E-state index in [0.29, 0.717) is 48.0 Å². The highest BCUT2D eigenvalue weighted by molar-refractivity contribution is 6.01. The Morgan fingerprint density at radius 3 is 3.00 bits per heavy atom. The number of nitrogens with zero attached hydrogens (tertiary/aromatic N) is 3. The maximum Gasteiger partial charge on any atom is 0.226 e. The zero-order valence-corrected chi connectivity index (χ0v) is 14.2. The summed E-state index contributed by atoms with van der Waals surface area (Å²) in [5.74, 6) is 0.864. The van der Waals surface area contributed by atoms with Crippen LogP contribution >= 0.6 is 0 Å². The van der Waals surface area contributed by atoms with Crippen molar-refractivity contribution in [3.05, 3.63) is 48.5 Å². The fourth-order valence-corrected chi connectivity index (χ4v) is 3.02. The van der Waals surface area contributed by atoms with Crippen molar-refractivity contribution >= 4 is 34.0 Å². The van der Waals surface area contributed by atoms with Gasteiger partial charge in [-0.05, 0) is 24.3 Å². The number of anilines is 3. The summed E-state index contributed by atoms with van der Waals surface area (Å²) in [4.78, 5) is 22.6. The van der Waals surface area contributed by atoms with Crippen molar-refractivity contribution in [2.45, 2.75) is 13.3 Å². The van der Waals surface area contributed by atoms with Crippen molar-refractivity contribution in [1.29, 1.82) is 0 Å². The largest absolute Gasteiger partial charge is 0.489 e. The third kappa shape index (κ3) is 2.92. The molecule has 6 nitrogen and oxygen atoms in total. The molecule has 26 heavy (non-hydrogen) atoms. The van der Waals surface area contributed by atoms with Crippen LogP contribution in [0.15, 0.2) is 42.7 Å². The van der Waals surface area contributed by atoms with E-state index in [2.05, 4.69) is 15.3 Å². The number of halogens is 1. The molecule has 4 rings (SSSR count). The minimum Gasteiger partial charge on any atom is -0.489 e. The minimum absolute atomic E-state index is 0.0328. The summed E-state index contributed by atoms with van der Waals surface area (Å²) < 4.78 is 19.2. The van der Waals surface area contributed by atoms with Crippen molar-refractivity contribution in [2.75, 3.05) is 23.4 Å². The SMILES string of the molecule is CCC(=O)N1CCOc2cc3ncnc(Nc4cccc(F)c4)c3cc21. The first-order valence-electron chi connectivity index (χ1n) is 8.40. The number of hydrogen-bond donors (Lipinski definition) is 1. The molecular weight excluding hydrogens is 335 g/mol. The molecule has 0 atom stereocenters. The molecule has 2 aromatic carbocycles. The summed E-state index contributed by atoms with van der Waals surface area (Å²) in [6.45, 7) is 2.79. The van der Waals surface area contributed by atoms with Crippen LogP contribution in [0.5, 0.6) is 5.75 Å². The molecule has 2 heterocycles. The molecule has 1 N–H and O–H groups in total. The number of fused-ring (bicyclic) bond motifs is 2. The Labute approximate surface area is 149 Å². The number of nitrogens with one attached hydrogen (secondary N) is 1. The number of ether oxygens (including phenoxy) is 1. The van der Waals surface area contributed by atoms with E-state index in [-0.39, 0.29) is 11.7 Å². The smallest absolute Gasteiger partial charge is 0.226 e.